The minimum absolute atomic E-state index is 0.0419. The number of benzene rings is 2. The number of hydrogen-bond donors (Lipinski definition) is 3. The Hall–Kier alpha value is -4.11. The molecule has 0 unspecified atom stereocenters. The SMILES string of the molecule is C[C@@H](NC(=O)Cc1cc2c(cn1)c(N)nn2C)c1ccccc1.Cn1nc(N)c2ccc(Cl)cc21. The van der Waals surface area contributed by atoms with Crippen LogP contribution in [0.2, 0.25) is 5.02 Å². The molecule has 3 heterocycles. The first-order valence-corrected chi connectivity index (χ1v) is 11.4. The van der Waals surface area contributed by atoms with Crippen molar-refractivity contribution in [1.82, 2.24) is 29.9 Å². The summed E-state index contributed by atoms with van der Waals surface area (Å²) in [5, 5.41) is 13.7. The second kappa shape index (κ2) is 10.0. The van der Waals surface area contributed by atoms with Gasteiger partial charge in [-0.1, -0.05) is 41.9 Å². The number of nitrogen functional groups attached to an aromatic ring is 2. The highest BCUT2D eigenvalue weighted by Gasteiger charge is 2.13. The van der Waals surface area contributed by atoms with Crippen LogP contribution in [0.1, 0.15) is 24.2 Å². The highest BCUT2D eigenvalue weighted by Crippen LogP contribution is 2.23. The average Bonchev–Trinajstić information content (AvgIpc) is 3.28. The average molecular weight is 491 g/mol. The number of pyridine rings is 1. The van der Waals surface area contributed by atoms with E-state index < -0.39 is 0 Å². The molecule has 5 rings (SSSR count). The number of fused-ring (bicyclic) bond motifs is 2. The van der Waals surface area contributed by atoms with Crippen LogP contribution in [0.25, 0.3) is 21.8 Å². The lowest BCUT2D eigenvalue weighted by molar-refractivity contribution is -0.121. The van der Waals surface area contributed by atoms with E-state index in [1.54, 1.807) is 15.6 Å². The maximum atomic E-state index is 12.2. The van der Waals surface area contributed by atoms with E-state index in [1.807, 2.05) is 75.6 Å². The van der Waals surface area contributed by atoms with E-state index in [0.717, 1.165) is 27.4 Å². The molecule has 0 aliphatic rings. The summed E-state index contributed by atoms with van der Waals surface area (Å²) in [6.45, 7) is 1.96. The van der Waals surface area contributed by atoms with E-state index in [0.29, 0.717) is 22.4 Å². The lowest BCUT2D eigenvalue weighted by Gasteiger charge is -2.14. The van der Waals surface area contributed by atoms with Crippen LogP contribution >= 0.6 is 11.6 Å². The van der Waals surface area contributed by atoms with Gasteiger partial charge in [-0.3, -0.25) is 19.1 Å². The quantitative estimate of drug-likeness (QED) is 0.351. The van der Waals surface area contributed by atoms with Crippen molar-refractivity contribution < 1.29 is 4.79 Å². The number of carbonyl (C=O) groups is 1. The standard InChI is InChI=1S/C17H19N5O.C8H8ClN3/c1-11(12-6-4-3-5-7-12)20-16(23)9-13-8-15-14(10-19-13)17(18)21-22(15)2;1-12-7-4-5(9)2-3-6(7)8(10)11-12/h3-8,10-11H,9H2,1-2H3,(H2,18,21)(H,20,23);2-4H,1H3,(H2,10,11)/t11-;/m1./s1. The third kappa shape index (κ3) is 5.36. The van der Waals surface area contributed by atoms with Gasteiger partial charge >= 0.3 is 0 Å². The fraction of sp³-hybridized carbons (Fsp3) is 0.200. The van der Waals surface area contributed by atoms with Gasteiger partial charge in [0.15, 0.2) is 11.6 Å². The van der Waals surface area contributed by atoms with Crippen molar-refractivity contribution in [2.75, 3.05) is 11.5 Å². The third-order valence-electron chi connectivity index (χ3n) is 5.68. The molecule has 180 valence electrons. The van der Waals surface area contributed by atoms with Crippen molar-refractivity contribution >= 4 is 50.9 Å². The van der Waals surface area contributed by atoms with Crippen LogP contribution in [-0.2, 0) is 25.3 Å². The second-order valence-corrected chi connectivity index (χ2v) is 8.69. The summed E-state index contributed by atoms with van der Waals surface area (Å²) in [6, 6.07) is 17.2. The minimum atomic E-state index is -0.0663. The first kappa shape index (κ1) is 24.0. The number of anilines is 2. The molecule has 0 aliphatic carbocycles. The van der Waals surface area contributed by atoms with E-state index in [-0.39, 0.29) is 18.4 Å². The van der Waals surface area contributed by atoms with Crippen LogP contribution in [0, 0.1) is 0 Å². The highest BCUT2D eigenvalue weighted by molar-refractivity contribution is 6.31. The topological polar surface area (TPSA) is 130 Å². The molecule has 0 fully saturated rings. The summed E-state index contributed by atoms with van der Waals surface area (Å²) in [4.78, 5) is 16.5. The number of nitrogens with zero attached hydrogens (tertiary/aromatic N) is 5. The zero-order valence-corrected chi connectivity index (χ0v) is 20.5. The number of hydrogen-bond acceptors (Lipinski definition) is 6. The molecule has 9 nitrogen and oxygen atoms in total. The lowest BCUT2D eigenvalue weighted by Crippen LogP contribution is -2.28. The zero-order chi connectivity index (χ0) is 25.1. The van der Waals surface area contributed by atoms with Crippen LogP contribution < -0.4 is 16.8 Å². The van der Waals surface area contributed by atoms with E-state index in [9.17, 15) is 4.79 Å². The number of amides is 1. The number of aromatic nitrogens is 5. The maximum absolute atomic E-state index is 12.2. The highest BCUT2D eigenvalue weighted by atomic mass is 35.5. The maximum Gasteiger partial charge on any atom is 0.226 e. The normalized spacial score (nSPS) is 11.8. The van der Waals surface area contributed by atoms with Crippen LogP contribution in [0.4, 0.5) is 11.6 Å². The predicted molar refractivity (Wildman–Crippen MR) is 140 cm³/mol. The van der Waals surface area contributed by atoms with Crippen molar-refractivity contribution in [3.8, 4) is 0 Å². The van der Waals surface area contributed by atoms with Crippen LogP contribution in [0.5, 0.6) is 0 Å². The first-order valence-electron chi connectivity index (χ1n) is 11.0. The molecule has 5 aromatic rings. The minimum Gasteiger partial charge on any atom is -0.382 e. The van der Waals surface area contributed by atoms with Gasteiger partial charge in [-0.15, -0.1) is 0 Å². The van der Waals surface area contributed by atoms with Crippen LogP contribution in [0.15, 0.2) is 60.8 Å². The molecule has 0 bridgehead atoms. The van der Waals surface area contributed by atoms with Gasteiger partial charge in [-0.25, -0.2) is 0 Å². The number of halogens is 1. The summed E-state index contributed by atoms with van der Waals surface area (Å²) in [5.74, 6) is 0.927. The molecular formula is C25H27ClN8O. The Morgan fingerprint density at radius 1 is 0.971 bits per heavy atom. The second-order valence-electron chi connectivity index (χ2n) is 8.25. The monoisotopic (exact) mass is 490 g/mol. The molecule has 0 saturated heterocycles. The molecule has 5 N–H and O–H groups in total. The van der Waals surface area contributed by atoms with Crippen LogP contribution in [0.3, 0.4) is 0 Å². The van der Waals surface area contributed by atoms with Crippen molar-refractivity contribution in [1.29, 1.82) is 0 Å². The van der Waals surface area contributed by atoms with Crippen molar-refractivity contribution in [3.63, 3.8) is 0 Å². The lowest BCUT2D eigenvalue weighted by atomic mass is 10.1. The number of aryl methyl sites for hydroxylation is 2. The molecule has 1 amide bonds. The Morgan fingerprint density at radius 2 is 1.60 bits per heavy atom. The Kier molecular flexibility index (Phi) is 6.88. The van der Waals surface area contributed by atoms with E-state index in [2.05, 4.69) is 20.5 Å². The smallest absolute Gasteiger partial charge is 0.226 e. The number of nitrogens with two attached hydrogens (primary N) is 2. The Labute approximate surface area is 207 Å². The van der Waals surface area contributed by atoms with Gasteiger partial charge in [0.2, 0.25) is 5.91 Å². The molecule has 0 spiro atoms. The molecular weight excluding hydrogens is 464 g/mol. The fourth-order valence-electron chi connectivity index (χ4n) is 3.86. The summed E-state index contributed by atoms with van der Waals surface area (Å²) in [7, 11) is 3.66. The molecule has 2 aromatic carbocycles. The Balaban J connectivity index is 0.000000201. The summed E-state index contributed by atoms with van der Waals surface area (Å²) in [6.07, 6.45) is 1.89. The number of rotatable bonds is 4. The summed E-state index contributed by atoms with van der Waals surface area (Å²) < 4.78 is 3.41. The molecule has 1 atom stereocenters. The summed E-state index contributed by atoms with van der Waals surface area (Å²) in [5.41, 5.74) is 15.1. The molecule has 3 aromatic heterocycles. The van der Waals surface area contributed by atoms with Gasteiger partial charge < -0.3 is 16.8 Å². The molecule has 10 heteroatoms. The van der Waals surface area contributed by atoms with E-state index in [1.165, 1.54) is 0 Å². The van der Waals surface area contributed by atoms with Gasteiger partial charge in [-0.2, -0.15) is 10.2 Å². The van der Waals surface area contributed by atoms with Gasteiger partial charge in [0, 0.05) is 30.7 Å². The Bertz CT molecular complexity index is 1490. The zero-order valence-electron chi connectivity index (χ0n) is 19.7. The Morgan fingerprint density at radius 3 is 2.29 bits per heavy atom. The fourth-order valence-corrected chi connectivity index (χ4v) is 4.02. The first-order chi connectivity index (χ1) is 16.7. The van der Waals surface area contributed by atoms with Gasteiger partial charge in [0.1, 0.15) is 0 Å². The number of carbonyl (C=O) groups excluding carboxylic acids is 1. The molecule has 0 aliphatic heterocycles. The van der Waals surface area contributed by atoms with Gasteiger partial charge in [0.25, 0.3) is 0 Å². The van der Waals surface area contributed by atoms with Gasteiger partial charge in [0.05, 0.1) is 34.6 Å². The molecule has 35 heavy (non-hydrogen) atoms. The van der Waals surface area contributed by atoms with Crippen molar-refractivity contribution in [2.45, 2.75) is 19.4 Å². The largest absolute Gasteiger partial charge is 0.382 e. The van der Waals surface area contributed by atoms with Gasteiger partial charge in [-0.05, 0) is 36.8 Å². The van der Waals surface area contributed by atoms with Crippen molar-refractivity contribution in [3.05, 3.63) is 77.1 Å². The third-order valence-corrected chi connectivity index (χ3v) is 5.92. The number of nitrogens with one attached hydrogen (secondary N) is 1. The predicted octanol–water partition coefficient (Wildman–Crippen LogP) is 3.78. The summed E-state index contributed by atoms with van der Waals surface area (Å²) >= 11 is 5.82. The van der Waals surface area contributed by atoms with E-state index in [4.69, 9.17) is 23.1 Å². The molecule has 0 radical (unpaired) electrons. The van der Waals surface area contributed by atoms with E-state index >= 15 is 0 Å². The van der Waals surface area contributed by atoms with Crippen molar-refractivity contribution in [2.24, 2.45) is 14.1 Å². The van der Waals surface area contributed by atoms with Crippen LogP contribution in [-0.4, -0.2) is 30.5 Å². The molecule has 0 saturated carbocycles.